The number of anilines is 1. The maximum absolute atomic E-state index is 12.5. The zero-order valence-electron chi connectivity index (χ0n) is 14.0. The van der Waals surface area contributed by atoms with Crippen LogP contribution in [0, 0.1) is 0 Å². The van der Waals surface area contributed by atoms with Gasteiger partial charge >= 0.3 is 6.09 Å². The molecule has 0 saturated carbocycles. The van der Waals surface area contributed by atoms with E-state index in [2.05, 4.69) is 10.3 Å². The molecule has 1 aromatic rings. The Hall–Kier alpha value is -2.31. The lowest BCUT2D eigenvalue weighted by Gasteiger charge is -2.22. The van der Waals surface area contributed by atoms with E-state index >= 15 is 0 Å². The van der Waals surface area contributed by atoms with E-state index in [1.54, 1.807) is 23.2 Å². The first-order valence-electron chi connectivity index (χ1n) is 7.66. The molecule has 2 heterocycles. The summed E-state index contributed by atoms with van der Waals surface area (Å²) in [6, 6.07) is 3.39. The molecule has 2 N–H and O–H groups in total. The quantitative estimate of drug-likeness (QED) is 0.891. The van der Waals surface area contributed by atoms with Gasteiger partial charge in [-0.05, 0) is 39.3 Å². The second-order valence-electron chi connectivity index (χ2n) is 6.89. The van der Waals surface area contributed by atoms with Crippen LogP contribution in [0.2, 0.25) is 0 Å². The minimum atomic E-state index is -0.969. The predicted molar refractivity (Wildman–Crippen MR) is 87.7 cm³/mol. The molecule has 0 aliphatic carbocycles. The van der Waals surface area contributed by atoms with Crippen molar-refractivity contribution in [2.24, 2.45) is 0 Å². The number of rotatable bonds is 3. The van der Waals surface area contributed by atoms with Crippen molar-refractivity contribution in [1.29, 1.82) is 0 Å². The van der Waals surface area contributed by atoms with Crippen molar-refractivity contribution in [3.63, 3.8) is 0 Å². The van der Waals surface area contributed by atoms with E-state index in [0.717, 1.165) is 5.82 Å². The summed E-state index contributed by atoms with van der Waals surface area (Å²) in [7, 11) is 1.54. The molecule has 0 bridgehead atoms. The Labute approximate surface area is 136 Å². The van der Waals surface area contributed by atoms with Crippen molar-refractivity contribution >= 4 is 17.8 Å². The van der Waals surface area contributed by atoms with Crippen LogP contribution in [0.3, 0.4) is 0 Å². The van der Waals surface area contributed by atoms with Crippen molar-refractivity contribution in [3.05, 3.63) is 23.9 Å². The average Bonchev–Trinajstić information content (AvgIpc) is 2.94. The highest BCUT2D eigenvalue weighted by Gasteiger charge is 2.31. The van der Waals surface area contributed by atoms with Crippen LogP contribution in [-0.2, 0) is 0 Å². The molecule has 2 amide bonds. The first kappa shape index (κ1) is 17.1. The Bertz CT molecular complexity index is 580. The molecule has 1 saturated heterocycles. The number of likely N-dealkylation sites (N-methyl/N-ethyl adjacent to an activating group) is 1. The molecule has 23 heavy (non-hydrogen) atoms. The number of likely N-dealkylation sites (tertiary alicyclic amines) is 1. The van der Waals surface area contributed by atoms with Gasteiger partial charge in [0, 0.05) is 31.9 Å². The second-order valence-corrected chi connectivity index (χ2v) is 6.89. The topological polar surface area (TPSA) is 85.8 Å². The number of nitrogens with one attached hydrogen (secondary N) is 1. The Morgan fingerprint density at radius 3 is 2.61 bits per heavy atom. The summed E-state index contributed by atoms with van der Waals surface area (Å²) in [5.74, 6) is 0.611. The highest BCUT2D eigenvalue weighted by molar-refractivity contribution is 5.94. The normalized spacial score (nSPS) is 17.9. The summed E-state index contributed by atoms with van der Waals surface area (Å²) >= 11 is 0. The fraction of sp³-hybridized carbons (Fsp3) is 0.562. The third kappa shape index (κ3) is 4.34. The number of carbonyl (C=O) groups excluding carboxylic acids is 1. The molecule has 0 radical (unpaired) electrons. The van der Waals surface area contributed by atoms with Gasteiger partial charge in [0.25, 0.3) is 5.91 Å². The summed E-state index contributed by atoms with van der Waals surface area (Å²) < 4.78 is 0. The summed E-state index contributed by atoms with van der Waals surface area (Å²) in [5, 5.41) is 12.3. The molecule has 126 valence electrons. The zero-order valence-corrected chi connectivity index (χ0v) is 14.0. The SMILES string of the molecule is CN(C(=O)O)[C@H]1CCN(C(=O)c2ccc(NC(C)(C)C)nc2)C1. The van der Waals surface area contributed by atoms with E-state index in [1.165, 1.54) is 11.9 Å². The van der Waals surface area contributed by atoms with Crippen molar-refractivity contribution in [1.82, 2.24) is 14.8 Å². The van der Waals surface area contributed by atoms with Gasteiger partial charge in [-0.2, -0.15) is 0 Å². The standard InChI is InChI=1S/C16H24N4O3/c1-16(2,3)18-13-6-5-11(9-17-13)14(21)20-8-7-12(10-20)19(4)15(22)23/h5-6,9,12H,7-8,10H2,1-4H3,(H,17,18)(H,22,23)/t12-/m0/s1. The minimum Gasteiger partial charge on any atom is -0.465 e. The van der Waals surface area contributed by atoms with Crippen LogP contribution >= 0.6 is 0 Å². The average molecular weight is 320 g/mol. The number of aromatic nitrogens is 1. The number of carboxylic acid groups (broad SMARTS) is 1. The summed E-state index contributed by atoms with van der Waals surface area (Å²) in [4.78, 5) is 30.7. The largest absolute Gasteiger partial charge is 0.465 e. The van der Waals surface area contributed by atoms with Crippen molar-refractivity contribution in [2.45, 2.75) is 38.8 Å². The van der Waals surface area contributed by atoms with E-state index in [9.17, 15) is 9.59 Å². The molecule has 1 aliphatic heterocycles. The molecule has 2 rings (SSSR count). The lowest BCUT2D eigenvalue weighted by molar-refractivity contribution is 0.0776. The van der Waals surface area contributed by atoms with Gasteiger partial charge < -0.3 is 20.2 Å². The molecule has 7 heteroatoms. The van der Waals surface area contributed by atoms with Crippen LogP contribution in [-0.4, -0.2) is 63.6 Å². The number of amides is 2. The predicted octanol–water partition coefficient (Wildman–Crippen LogP) is 2.12. The molecular formula is C16H24N4O3. The van der Waals surface area contributed by atoms with E-state index in [4.69, 9.17) is 5.11 Å². The third-order valence-corrected chi connectivity index (χ3v) is 3.81. The van der Waals surface area contributed by atoms with Gasteiger partial charge in [-0.3, -0.25) is 4.79 Å². The van der Waals surface area contributed by atoms with Crippen LogP contribution < -0.4 is 5.32 Å². The van der Waals surface area contributed by atoms with E-state index < -0.39 is 6.09 Å². The van der Waals surface area contributed by atoms with Gasteiger partial charge in [0.05, 0.1) is 11.6 Å². The van der Waals surface area contributed by atoms with Gasteiger partial charge in [0.1, 0.15) is 5.82 Å². The van der Waals surface area contributed by atoms with Crippen molar-refractivity contribution in [3.8, 4) is 0 Å². The second kappa shape index (κ2) is 6.44. The molecule has 1 aromatic heterocycles. The first-order valence-corrected chi connectivity index (χ1v) is 7.66. The van der Waals surface area contributed by atoms with E-state index in [1.807, 2.05) is 20.8 Å². The number of hydrogen-bond acceptors (Lipinski definition) is 4. The Morgan fingerprint density at radius 2 is 2.09 bits per heavy atom. The number of carbonyl (C=O) groups is 2. The van der Waals surface area contributed by atoms with Crippen LogP contribution in [0.5, 0.6) is 0 Å². The fourth-order valence-corrected chi connectivity index (χ4v) is 2.56. The number of hydrogen-bond donors (Lipinski definition) is 2. The highest BCUT2D eigenvalue weighted by Crippen LogP contribution is 2.18. The van der Waals surface area contributed by atoms with Crippen molar-refractivity contribution in [2.75, 3.05) is 25.5 Å². The summed E-state index contributed by atoms with van der Waals surface area (Å²) in [6.07, 6.45) is 1.25. The molecule has 1 atom stereocenters. The Morgan fingerprint density at radius 1 is 1.39 bits per heavy atom. The molecule has 7 nitrogen and oxygen atoms in total. The van der Waals surface area contributed by atoms with Crippen LogP contribution in [0.4, 0.5) is 10.6 Å². The number of nitrogens with zero attached hydrogens (tertiary/aromatic N) is 3. The Kier molecular flexibility index (Phi) is 4.77. The smallest absolute Gasteiger partial charge is 0.407 e. The monoisotopic (exact) mass is 320 g/mol. The van der Waals surface area contributed by atoms with Crippen LogP contribution in [0.15, 0.2) is 18.3 Å². The molecule has 1 fully saturated rings. The third-order valence-electron chi connectivity index (χ3n) is 3.81. The highest BCUT2D eigenvalue weighted by atomic mass is 16.4. The molecule has 0 aromatic carbocycles. The molecule has 0 unspecified atom stereocenters. The van der Waals surface area contributed by atoms with Gasteiger partial charge in [-0.15, -0.1) is 0 Å². The van der Waals surface area contributed by atoms with Crippen LogP contribution in [0.25, 0.3) is 0 Å². The maximum Gasteiger partial charge on any atom is 0.407 e. The molecule has 1 aliphatic rings. The summed E-state index contributed by atoms with van der Waals surface area (Å²) in [6.45, 7) is 7.10. The lowest BCUT2D eigenvalue weighted by atomic mass is 10.1. The Balaban J connectivity index is 2.00. The van der Waals surface area contributed by atoms with Gasteiger partial charge in [0.2, 0.25) is 0 Å². The first-order chi connectivity index (χ1) is 10.7. The van der Waals surface area contributed by atoms with Crippen molar-refractivity contribution < 1.29 is 14.7 Å². The van der Waals surface area contributed by atoms with Gasteiger partial charge in [0.15, 0.2) is 0 Å². The van der Waals surface area contributed by atoms with E-state index in [0.29, 0.717) is 25.1 Å². The van der Waals surface area contributed by atoms with E-state index in [-0.39, 0.29) is 17.5 Å². The van der Waals surface area contributed by atoms with Gasteiger partial charge in [-0.25, -0.2) is 9.78 Å². The van der Waals surface area contributed by atoms with Gasteiger partial charge in [-0.1, -0.05) is 0 Å². The molecular weight excluding hydrogens is 296 g/mol. The number of pyridine rings is 1. The molecule has 0 spiro atoms. The van der Waals surface area contributed by atoms with Crippen LogP contribution in [0.1, 0.15) is 37.6 Å². The summed E-state index contributed by atoms with van der Waals surface area (Å²) in [5.41, 5.74) is 0.422. The lowest BCUT2D eigenvalue weighted by Crippen LogP contribution is -2.39. The fourth-order valence-electron chi connectivity index (χ4n) is 2.56. The maximum atomic E-state index is 12.5. The minimum absolute atomic E-state index is 0.0951. The zero-order chi connectivity index (χ0) is 17.2.